The number of aromatic nitrogens is 2. The number of hydrogen-bond acceptors (Lipinski definition) is 4. The van der Waals surface area contributed by atoms with Crippen LogP contribution in [0, 0.1) is 5.82 Å². The van der Waals surface area contributed by atoms with Gasteiger partial charge in [0, 0.05) is 32.4 Å². The number of amides is 1. The first kappa shape index (κ1) is 17.9. The van der Waals surface area contributed by atoms with E-state index < -0.39 is 0 Å². The predicted molar refractivity (Wildman–Crippen MR) is 101 cm³/mol. The second-order valence-corrected chi connectivity index (χ2v) is 7.25. The summed E-state index contributed by atoms with van der Waals surface area (Å²) in [5.74, 6) is 0.504. The highest BCUT2D eigenvalue weighted by Gasteiger charge is 2.26. The maximum absolute atomic E-state index is 13.1. The molecule has 1 aliphatic rings. The van der Waals surface area contributed by atoms with Gasteiger partial charge in [0.2, 0.25) is 0 Å². The zero-order valence-electron chi connectivity index (χ0n) is 14.5. The molecule has 3 heterocycles. The molecule has 0 spiro atoms. The minimum Gasteiger partial charge on any atom is -0.468 e. The molecule has 3 aromatic rings. The van der Waals surface area contributed by atoms with Crippen molar-refractivity contribution in [2.75, 3.05) is 26.2 Å². The predicted octanol–water partition coefficient (Wildman–Crippen LogP) is 3.32. The standard InChI is InChI=1S/C19H18BrFN4O2/c20-17-13-25(15-5-3-14(21)4-6-15)22-18(17)19(26)24-9-7-23(8-10-24)12-16-2-1-11-27-16/h1-6,11,13H,7-10,12H2. The van der Waals surface area contributed by atoms with Gasteiger partial charge in [-0.1, -0.05) is 0 Å². The Balaban J connectivity index is 1.42. The highest BCUT2D eigenvalue weighted by molar-refractivity contribution is 9.10. The maximum Gasteiger partial charge on any atom is 0.275 e. The van der Waals surface area contributed by atoms with E-state index in [1.165, 1.54) is 12.1 Å². The van der Waals surface area contributed by atoms with E-state index in [0.29, 0.717) is 28.9 Å². The number of carbonyl (C=O) groups is 1. The number of hydrogen-bond donors (Lipinski definition) is 0. The lowest BCUT2D eigenvalue weighted by molar-refractivity contribution is 0.0613. The van der Waals surface area contributed by atoms with Crippen molar-refractivity contribution < 1.29 is 13.6 Å². The normalized spacial score (nSPS) is 15.3. The van der Waals surface area contributed by atoms with E-state index in [4.69, 9.17) is 4.42 Å². The van der Waals surface area contributed by atoms with Gasteiger partial charge in [-0.25, -0.2) is 9.07 Å². The second kappa shape index (κ2) is 7.66. The maximum atomic E-state index is 13.1. The number of nitrogens with zero attached hydrogens (tertiary/aromatic N) is 4. The van der Waals surface area contributed by atoms with E-state index in [0.717, 1.165) is 25.4 Å². The molecule has 0 radical (unpaired) electrons. The van der Waals surface area contributed by atoms with Gasteiger partial charge in [-0.3, -0.25) is 9.69 Å². The van der Waals surface area contributed by atoms with Crippen molar-refractivity contribution in [3.05, 3.63) is 70.6 Å². The molecular weight excluding hydrogens is 415 g/mol. The molecule has 8 heteroatoms. The van der Waals surface area contributed by atoms with Gasteiger partial charge in [-0.05, 0) is 52.3 Å². The van der Waals surface area contributed by atoms with Crippen LogP contribution < -0.4 is 0 Å². The smallest absolute Gasteiger partial charge is 0.275 e. The summed E-state index contributed by atoms with van der Waals surface area (Å²) in [5, 5.41) is 4.39. The summed E-state index contributed by atoms with van der Waals surface area (Å²) in [6.07, 6.45) is 3.39. The third-order valence-corrected chi connectivity index (χ3v) is 5.16. The lowest BCUT2D eigenvalue weighted by atomic mass is 10.2. The van der Waals surface area contributed by atoms with Crippen molar-refractivity contribution in [3.8, 4) is 5.69 Å². The van der Waals surface area contributed by atoms with Gasteiger partial charge >= 0.3 is 0 Å². The Morgan fingerprint density at radius 3 is 2.56 bits per heavy atom. The summed E-state index contributed by atoms with van der Waals surface area (Å²) in [5.41, 5.74) is 1.05. The van der Waals surface area contributed by atoms with Gasteiger partial charge in [-0.15, -0.1) is 0 Å². The number of halogens is 2. The van der Waals surface area contributed by atoms with Crippen LogP contribution in [0.5, 0.6) is 0 Å². The molecule has 1 fully saturated rings. The van der Waals surface area contributed by atoms with Crippen molar-refractivity contribution in [3.63, 3.8) is 0 Å². The van der Waals surface area contributed by atoms with Crippen LogP contribution in [-0.2, 0) is 6.54 Å². The monoisotopic (exact) mass is 432 g/mol. The van der Waals surface area contributed by atoms with Gasteiger partial charge < -0.3 is 9.32 Å². The Morgan fingerprint density at radius 1 is 1.15 bits per heavy atom. The molecule has 0 unspecified atom stereocenters. The van der Waals surface area contributed by atoms with Crippen LogP contribution in [0.15, 0.2) is 57.7 Å². The Morgan fingerprint density at radius 2 is 1.89 bits per heavy atom. The van der Waals surface area contributed by atoms with Gasteiger partial charge in [0.05, 0.1) is 23.0 Å². The summed E-state index contributed by atoms with van der Waals surface area (Å²) in [4.78, 5) is 16.9. The van der Waals surface area contributed by atoms with E-state index in [1.807, 2.05) is 12.1 Å². The van der Waals surface area contributed by atoms with Crippen LogP contribution in [0.4, 0.5) is 4.39 Å². The zero-order valence-corrected chi connectivity index (χ0v) is 16.1. The largest absolute Gasteiger partial charge is 0.468 e. The summed E-state index contributed by atoms with van der Waals surface area (Å²) in [6, 6.07) is 9.81. The lowest BCUT2D eigenvalue weighted by Gasteiger charge is -2.33. The highest BCUT2D eigenvalue weighted by atomic mass is 79.9. The minimum absolute atomic E-state index is 0.111. The Bertz CT molecular complexity index is 916. The summed E-state index contributed by atoms with van der Waals surface area (Å²) < 4.78 is 20.7. The molecule has 2 aromatic heterocycles. The molecule has 0 bridgehead atoms. The quantitative estimate of drug-likeness (QED) is 0.634. The molecule has 0 N–H and O–H groups in total. The number of benzene rings is 1. The van der Waals surface area contributed by atoms with E-state index >= 15 is 0 Å². The Labute approximate surface area is 164 Å². The first-order chi connectivity index (χ1) is 13.1. The summed E-state index contributed by atoms with van der Waals surface area (Å²) >= 11 is 3.42. The third-order valence-electron chi connectivity index (χ3n) is 4.58. The van der Waals surface area contributed by atoms with Crippen LogP contribution in [0.2, 0.25) is 0 Å². The Kier molecular flexibility index (Phi) is 5.09. The molecule has 27 heavy (non-hydrogen) atoms. The molecule has 0 aliphatic carbocycles. The topological polar surface area (TPSA) is 54.5 Å². The number of piperazine rings is 1. The molecule has 0 saturated carbocycles. The molecule has 4 rings (SSSR count). The second-order valence-electron chi connectivity index (χ2n) is 6.39. The van der Waals surface area contributed by atoms with E-state index in [2.05, 4.69) is 25.9 Å². The van der Waals surface area contributed by atoms with Gasteiger partial charge in [0.15, 0.2) is 5.69 Å². The molecule has 1 saturated heterocycles. The molecule has 140 valence electrons. The number of furan rings is 1. The van der Waals surface area contributed by atoms with E-state index in [1.54, 1.807) is 34.2 Å². The van der Waals surface area contributed by atoms with E-state index in [-0.39, 0.29) is 11.7 Å². The fraction of sp³-hybridized carbons (Fsp3) is 0.263. The Hall–Kier alpha value is -2.45. The van der Waals surface area contributed by atoms with Crippen molar-refractivity contribution in [2.45, 2.75) is 6.54 Å². The van der Waals surface area contributed by atoms with Crippen LogP contribution >= 0.6 is 15.9 Å². The average molecular weight is 433 g/mol. The fourth-order valence-corrected chi connectivity index (χ4v) is 3.55. The highest BCUT2D eigenvalue weighted by Crippen LogP contribution is 2.21. The number of carbonyl (C=O) groups excluding carboxylic acids is 1. The van der Waals surface area contributed by atoms with Gasteiger partial charge in [0.25, 0.3) is 5.91 Å². The van der Waals surface area contributed by atoms with Crippen LogP contribution in [0.1, 0.15) is 16.2 Å². The first-order valence-electron chi connectivity index (χ1n) is 8.65. The molecule has 6 nitrogen and oxygen atoms in total. The van der Waals surface area contributed by atoms with Crippen LogP contribution in [0.25, 0.3) is 5.69 Å². The SMILES string of the molecule is O=C(c1nn(-c2ccc(F)cc2)cc1Br)N1CCN(Cc2ccco2)CC1. The van der Waals surface area contributed by atoms with Gasteiger partial charge in [-0.2, -0.15) is 5.10 Å². The molecule has 1 amide bonds. The average Bonchev–Trinajstić information content (AvgIpc) is 3.32. The summed E-state index contributed by atoms with van der Waals surface area (Å²) in [6.45, 7) is 3.58. The van der Waals surface area contributed by atoms with Crippen molar-refractivity contribution in [1.29, 1.82) is 0 Å². The minimum atomic E-state index is -0.311. The van der Waals surface area contributed by atoms with Crippen molar-refractivity contribution in [1.82, 2.24) is 19.6 Å². The van der Waals surface area contributed by atoms with E-state index in [9.17, 15) is 9.18 Å². The van der Waals surface area contributed by atoms with Crippen molar-refractivity contribution >= 4 is 21.8 Å². The molecule has 1 aromatic carbocycles. The molecule has 0 atom stereocenters. The molecular formula is C19H18BrFN4O2. The fourth-order valence-electron chi connectivity index (χ4n) is 3.11. The first-order valence-corrected chi connectivity index (χ1v) is 9.44. The van der Waals surface area contributed by atoms with Crippen LogP contribution in [-0.4, -0.2) is 51.7 Å². The molecule has 1 aliphatic heterocycles. The van der Waals surface area contributed by atoms with Crippen molar-refractivity contribution in [2.24, 2.45) is 0 Å². The summed E-state index contributed by atoms with van der Waals surface area (Å²) in [7, 11) is 0. The third kappa shape index (κ3) is 3.96. The number of rotatable bonds is 4. The van der Waals surface area contributed by atoms with Gasteiger partial charge in [0.1, 0.15) is 11.6 Å². The van der Waals surface area contributed by atoms with Crippen LogP contribution in [0.3, 0.4) is 0 Å². The zero-order chi connectivity index (χ0) is 18.8. The lowest BCUT2D eigenvalue weighted by Crippen LogP contribution is -2.48.